The maximum absolute atomic E-state index is 12.1. The minimum Gasteiger partial charge on any atom is -0.480 e. The molecule has 1 unspecified atom stereocenters. The lowest BCUT2D eigenvalue weighted by Crippen LogP contribution is -2.51. The summed E-state index contributed by atoms with van der Waals surface area (Å²) in [6.07, 6.45) is 0.928. The predicted molar refractivity (Wildman–Crippen MR) is 70.1 cm³/mol. The van der Waals surface area contributed by atoms with Gasteiger partial charge in [-0.05, 0) is 19.3 Å². The zero-order valence-electron chi connectivity index (χ0n) is 11.4. The van der Waals surface area contributed by atoms with Gasteiger partial charge in [0.05, 0.1) is 5.41 Å². The molecule has 0 aliphatic rings. The van der Waals surface area contributed by atoms with E-state index in [1.54, 1.807) is 0 Å². The Kier molecular flexibility index (Phi) is 7.06. The predicted octanol–water partition coefficient (Wildman–Crippen LogP) is -0.414. The van der Waals surface area contributed by atoms with E-state index in [-0.39, 0.29) is 19.4 Å². The smallest absolute Gasteiger partial charge is 0.326 e. The first-order chi connectivity index (χ1) is 8.82. The average Bonchev–Trinajstić information content (AvgIpc) is 2.36. The van der Waals surface area contributed by atoms with Gasteiger partial charge < -0.3 is 21.9 Å². The molecule has 0 aromatic rings. The second-order valence-corrected chi connectivity index (χ2v) is 4.56. The molecule has 0 aliphatic carbocycles. The van der Waals surface area contributed by atoms with Crippen molar-refractivity contribution in [2.24, 2.45) is 16.9 Å². The van der Waals surface area contributed by atoms with Crippen molar-refractivity contribution in [3.05, 3.63) is 0 Å². The zero-order valence-corrected chi connectivity index (χ0v) is 11.4. The van der Waals surface area contributed by atoms with Crippen molar-refractivity contribution in [1.29, 1.82) is 0 Å². The van der Waals surface area contributed by atoms with E-state index in [2.05, 4.69) is 5.32 Å². The number of hydrogen-bond donors (Lipinski definition) is 4. The number of carbonyl (C=O) groups excluding carboxylic acids is 2. The van der Waals surface area contributed by atoms with Crippen LogP contribution in [0.1, 0.15) is 39.5 Å². The van der Waals surface area contributed by atoms with Crippen molar-refractivity contribution in [3.63, 3.8) is 0 Å². The Morgan fingerprint density at radius 3 is 2.11 bits per heavy atom. The number of primary amides is 1. The van der Waals surface area contributed by atoms with Crippen molar-refractivity contribution in [3.8, 4) is 0 Å². The molecule has 0 aromatic heterocycles. The third-order valence-electron chi connectivity index (χ3n) is 3.51. The summed E-state index contributed by atoms with van der Waals surface area (Å²) in [7, 11) is 0. The van der Waals surface area contributed by atoms with Crippen molar-refractivity contribution in [1.82, 2.24) is 5.32 Å². The molecule has 19 heavy (non-hydrogen) atoms. The highest BCUT2D eigenvalue weighted by molar-refractivity contribution is 5.88. The largest absolute Gasteiger partial charge is 0.480 e. The highest BCUT2D eigenvalue weighted by Gasteiger charge is 2.35. The molecule has 0 aromatic carbocycles. The van der Waals surface area contributed by atoms with E-state index in [9.17, 15) is 14.4 Å². The van der Waals surface area contributed by atoms with Crippen LogP contribution in [0.3, 0.4) is 0 Å². The number of amides is 2. The molecule has 0 saturated carbocycles. The minimum absolute atomic E-state index is 0.0233. The summed E-state index contributed by atoms with van der Waals surface area (Å²) in [6.45, 7) is 3.80. The van der Waals surface area contributed by atoms with Crippen molar-refractivity contribution in [2.75, 3.05) is 6.54 Å². The number of nitrogens with one attached hydrogen (secondary N) is 1. The molecule has 0 heterocycles. The van der Waals surface area contributed by atoms with Crippen molar-refractivity contribution in [2.45, 2.75) is 45.6 Å². The van der Waals surface area contributed by atoms with Gasteiger partial charge in [0.1, 0.15) is 6.04 Å². The Morgan fingerprint density at radius 2 is 1.79 bits per heavy atom. The Hall–Kier alpha value is -1.63. The molecular weight excluding hydrogens is 250 g/mol. The van der Waals surface area contributed by atoms with Crippen LogP contribution < -0.4 is 16.8 Å². The first kappa shape index (κ1) is 17.4. The molecule has 0 aliphatic heterocycles. The number of rotatable bonds is 9. The lowest BCUT2D eigenvalue weighted by atomic mass is 9.81. The summed E-state index contributed by atoms with van der Waals surface area (Å²) in [5, 5.41) is 11.5. The summed E-state index contributed by atoms with van der Waals surface area (Å²) >= 11 is 0. The second kappa shape index (κ2) is 7.73. The van der Waals surface area contributed by atoms with Crippen LogP contribution in [0.2, 0.25) is 0 Å². The summed E-state index contributed by atoms with van der Waals surface area (Å²) in [6, 6.07) is -1.12. The van der Waals surface area contributed by atoms with Gasteiger partial charge in [0.15, 0.2) is 0 Å². The number of hydrogen-bond acceptors (Lipinski definition) is 4. The van der Waals surface area contributed by atoms with Crippen LogP contribution in [-0.4, -0.2) is 35.5 Å². The van der Waals surface area contributed by atoms with Gasteiger partial charge in [-0.25, -0.2) is 4.79 Å². The second-order valence-electron chi connectivity index (χ2n) is 4.56. The molecule has 7 heteroatoms. The van der Waals surface area contributed by atoms with Crippen LogP contribution in [0.25, 0.3) is 0 Å². The first-order valence-electron chi connectivity index (χ1n) is 6.35. The van der Waals surface area contributed by atoms with E-state index >= 15 is 0 Å². The summed E-state index contributed by atoms with van der Waals surface area (Å²) in [5.41, 5.74) is 9.83. The minimum atomic E-state index is -1.19. The van der Waals surface area contributed by atoms with Crippen LogP contribution >= 0.6 is 0 Å². The standard InChI is InChI=1S/C12H23N3O4/c1-3-12(4-2,7-13)11(19)15-8(10(17)18)5-6-9(14)16/h8H,3-7,13H2,1-2H3,(H2,14,16)(H,15,19)(H,17,18). The van der Waals surface area contributed by atoms with Gasteiger partial charge in [0.25, 0.3) is 0 Å². The van der Waals surface area contributed by atoms with Crippen molar-refractivity contribution >= 4 is 17.8 Å². The third-order valence-corrected chi connectivity index (χ3v) is 3.51. The third kappa shape index (κ3) is 4.86. The summed E-state index contributed by atoms with van der Waals surface area (Å²) in [5.74, 6) is -2.18. The number of carbonyl (C=O) groups is 3. The SMILES string of the molecule is CCC(CC)(CN)C(=O)NC(CCC(N)=O)C(=O)O. The topological polar surface area (TPSA) is 136 Å². The van der Waals surface area contributed by atoms with Gasteiger partial charge in [0.2, 0.25) is 11.8 Å². The molecule has 1 atom stereocenters. The maximum Gasteiger partial charge on any atom is 0.326 e. The van der Waals surface area contributed by atoms with Crippen LogP contribution in [-0.2, 0) is 14.4 Å². The molecule has 0 saturated heterocycles. The van der Waals surface area contributed by atoms with E-state index in [1.165, 1.54) is 0 Å². The van der Waals surface area contributed by atoms with Crippen molar-refractivity contribution < 1.29 is 19.5 Å². The van der Waals surface area contributed by atoms with E-state index < -0.39 is 29.2 Å². The lowest BCUT2D eigenvalue weighted by Gasteiger charge is -2.30. The molecule has 0 rings (SSSR count). The van der Waals surface area contributed by atoms with Crippen LogP contribution in [0.15, 0.2) is 0 Å². The Balaban J connectivity index is 4.79. The van der Waals surface area contributed by atoms with Gasteiger partial charge in [0, 0.05) is 13.0 Å². The quantitative estimate of drug-likeness (QED) is 0.452. The molecule has 0 fully saturated rings. The van der Waals surface area contributed by atoms with E-state index in [4.69, 9.17) is 16.6 Å². The average molecular weight is 273 g/mol. The van der Waals surface area contributed by atoms with E-state index in [0.29, 0.717) is 12.8 Å². The molecule has 0 bridgehead atoms. The fraction of sp³-hybridized carbons (Fsp3) is 0.750. The number of aliphatic carboxylic acids is 1. The number of carboxylic acids is 1. The Labute approximate surface area is 112 Å². The fourth-order valence-corrected chi connectivity index (χ4v) is 1.81. The zero-order chi connectivity index (χ0) is 15.1. The molecule has 6 N–H and O–H groups in total. The van der Waals surface area contributed by atoms with Crippen LogP contribution in [0, 0.1) is 5.41 Å². The van der Waals surface area contributed by atoms with E-state index in [1.807, 2.05) is 13.8 Å². The number of nitrogens with two attached hydrogens (primary N) is 2. The molecule has 7 nitrogen and oxygen atoms in total. The highest BCUT2D eigenvalue weighted by Crippen LogP contribution is 2.25. The highest BCUT2D eigenvalue weighted by atomic mass is 16.4. The van der Waals surface area contributed by atoms with Gasteiger partial charge >= 0.3 is 5.97 Å². The van der Waals surface area contributed by atoms with Gasteiger partial charge in [-0.15, -0.1) is 0 Å². The van der Waals surface area contributed by atoms with Gasteiger partial charge in [-0.1, -0.05) is 13.8 Å². The summed E-state index contributed by atoms with van der Waals surface area (Å²) < 4.78 is 0. The van der Waals surface area contributed by atoms with Gasteiger partial charge in [-0.3, -0.25) is 9.59 Å². The number of carboxylic acid groups (broad SMARTS) is 1. The first-order valence-corrected chi connectivity index (χ1v) is 6.35. The van der Waals surface area contributed by atoms with Crippen LogP contribution in [0.4, 0.5) is 0 Å². The molecular formula is C12H23N3O4. The fourth-order valence-electron chi connectivity index (χ4n) is 1.81. The maximum atomic E-state index is 12.1. The molecule has 0 radical (unpaired) electrons. The normalized spacial score (nSPS) is 12.8. The monoisotopic (exact) mass is 273 g/mol. The lowest BCUT2D eigenvalue weighted by molar-refractivity contribution is -0.144. The molecule has 110 valence electrons. The van der Waals surface area contributed by atoms with E-state index in [0.717, 1.165) is 0 Å². The Bertz CT molecular complexity index is 332. The molecule has 0 spiro atoms. The molecule has 2 amide bonds. The van der Waals surface area contributed by atoms with Gasteiger partial charge in [-0.2, -0.15) is 0 Å². The summed E-state index contributed by atoms with van der Waals surface area (Å²) in [4.78, 5) is 33.9. The Morgan fingerprint density at radius 1 is 1.26 bits per heavy atom. The van der Waals surface area contributed by atoms with Crippen LogP contribution in [0.5, 0.6) is 0 Å².